The molecule has 0 heterocycles. The van der Waals surface area contributed by atoms with Crippen LogP contribution in [0.5, 0.6) is 0 Å². The van der Waals surface area contributed by atoms with Crippen LogP contribution in [0.2, 0.25) is 0 Å². The lowest BCUT2D eigenvalue weighted by Gasteiger charge is -2.57. The first-order valence-corrected chi connectivity index (χ1v) is 18.7. The number of nitrogens with two attached hydrogens (primary N) is 2. The quantitative estimate of drug-likeness (QED) is 0.252. The number of hydrogen-bond donors (Lipinski definition) is 2. The van der Waals surface area contributed by atoms with Gasteiger partial charge in [0.15, 0.2) is 0 Å². The third-order valence-corrected chi connectivity index (χ3v) is 14.6. The van der Waals surface area contributed by atoms with Crippen LogP contribution in [0.4, 0.5) is 0 Å². The lowest BCUT2D eigenvalue weighted by atomic mass is 9.50. The van der Waals surface area contributed by atoms with E-state index in [1.165, 1.54) is 135 Å². The predicted octanol–water partition coefficient (Wildman–Crippen LogP) is 9.70. The van der Waals surface area contributed by atoms with Crippen LogP contribution in [-0.4, -0.2) is 5.66 Å². The van der Waals surface area contributed by atoms with Crippen LogP contribution >= 0.6 is 0 Å². The molecule has 0 aromatic heterocycles. The molecule has 0 aliphatic heterocycles. The first-order chi connectivity index (χ1) is 20.1. The van der Waals surface area contributed by atoms with E-state index in [1.807, 2.05) is 0 Å². The fourth-order valence-electron chi connectivity index (χ4n) is 12.6. The highest BCUT2D eigenvalue weighted by Crippen LogP contribution is 2.58. The molecule has 41 heavy (non-hydrogen) atoms. The number of rotatable bonds is 6. The number of fused-ring (bicyclic) bond motifs is 4. The summed E-state index contributed by atoms with van der Waals surface area (Å²) in [5, 5.41) is 0. The molecule has 7 rings (SSSR count). The average molecular weight is 559 g/mol. The zero-order valence-electron chi connectivity index (χ0n) is 26.2. The first-order valence-electron chi connectivity index (χ1n) is 18.7. The van der Waals surface area contributed by atoms with Crippen LogP contribution in [0.3, 0.4) is 0 Å². The molecule has 0 bridgehead atoms. The lowest BCUT2D eigenvalue weighted by molar-refractivity contribution is -0.0558. The third-order valence-electron chi connectivity index (χ3n) is 14.6. The van der Waals surface area contributed by atoms with Crippen LogP contribution in [0.25, 0.3) is 0 Å². The molecule has 2 nitrogen and oxygen atoms in total. The Bertz CT molecular complexity index is 964. The Kier molecular flexibility index (Phi) is 8.90. The highest BCUT2D eigenvalue weighted by atomic mass is 15.0. The van der Waals surface area contributed by atoms with E-state index in [-0.39, 0.29) is 0 Å². The molecule has 0 aromatic rings. The van der Waals surface area contributed by atoms with Crippen LogP contribution in [-0.2, 0) is 0 Å². The second-order valence-electron chi connectivity index (χ2n) is 16.3. The van der Waals surface area contributed by atoms with Crippen molar-refractivity contribution < 1.29 is 0 Å². The van der Waals surface area contributed by atoms with Gasteiger partial charge in [-0.1, -0.05) is 87.3 Å². The Labute approximate surface area is 252 Å². The highest BCUT2D eigenvalue weighted by Gasteiger charge is 2.53. The number of allylic oxidation sites excluding steroid dienone is 6. The van der Waals surface area contributed by atoms with Crippen molar-refractivity contribution in [2.75, 3.05) is 0 Å². The van der Waals surface area contributed by atoms with Gasteiger partial charge in [0.05, 0.1) is 5.66 Å². The third kappa shape index (κ3) is 5.84. The van der Waals surface area contributed by atoms with Crippen LogP contribution < -0.4 is 11.5 Å². The summed E-state index contributed by atoms with van der Waals surface area (Å²) < 4.78 is 0. The minimum atomic E-state index is -0.509. The van der Waals surface area contributed by atoms with Crippen LogP contribution in [0, 0.1) is 65.1 Å². The van der Waals surface area contributed by atoms with E-state index in [0.29, 0.717) is 11.8 Å². The molecular weight excluding hydrogens is 496 g/mol. The van der Waals surface area contributed by atoms with E-state index in [0.717, 1.165) is 53.3 Å². The van der Waals surface area contributed by atoms with Gasteiger partial charge in [-0.2, -0.15) is 0 Å². The van der Waals surface area contributed by atoms with Crippen LogP contribution in [0.15, 0.2) is 36.0 Å². The molecule has 8 unspecified atom stereocenters. The van der Waals surface area contributed by atoms with Crippen molar-refractivity contribution in [3.05, 3.63) is 36.0 Å². The summed E-state index contributed by atoms with van der Waals surface area (Å²) in [5.41, 5.74) is 16.6. The Morgan fingerprint density at radius 2 is 1.46 bits per heavy atom. The summed E-state index contributed by atoms with van der Waals surface area (Å²) in [6, 6.07) is 0. The van der Waals surface area contributed by atoms with E-state index < -0.39 is 5.66 Å². The van der Waals surface area contributed by atoms with Crippen molar-refractivity contribution in [2.24, 2.45) is 76.6 Å². The Morgan fingerprint density at radius 1 is 0.707 bits per heavy atom. The topological polar surface area (TPSA) is 52.0 Å². The van der Waals surface area contributed by atoms with Crippen molar-refractivity contribution in [2.45, 2.75) is 141 Å². The molecule has 228 valence electrons. The zero-order chi connectivity index (χ0) is 27.8. The Hall–Kier alpha value is -0.860. The molecule has 0 amide bonds. The van der Waals surface area contributed by atoms with Crippen molar-refractivity contribution in [3.8, 4) is 0 Å². The molecule has 0 saturated heterocycles. The van der Waals surface area contributed by atoms with E-state index in [9.17, 15) is 0 Å². The molecule has 2 heteroatoms. The fourth-order valence-corrected chi connectivity index (χ4v) is 12.6. The van der Waals surface area contributed by atoms with Gasteiger partial charge in [-0.25, -0.2) is 0 Å². The van der Waals surface area contributed by atoms with Crippen molar-refractivity contribution >= 4 is 0 Å². The van der Waals surface area contributed by atoms with Gasteiger partial charge >= 0.3 is 0 Å². The fraction of sp³-hybridized carbons (Fsp3) is 0.846. The Balaban J connectivity index is 1.16. The normalized spacial score (nSPS) is 43.8. The molecule has 9 atom stereocenters. The molecule has 0 spiro atoms. The maximum absolute atomic E-state index is 7.70. The van der Waals surface area contributed by atoms with Gasteiger partial charge in [-0.3, -0.25) is 0 Å². The molecule has 0 aromatic carbocycles. The monoisotopic (exact) mass is 558 g/mol. The van der Waals surface area contributed by atoms with Gasteiger partial charge in [0.1, 0.15) is 0 Å². The van der Waals surface area contributed by atoms with Gasteiger partial charge < -0.3 is 11.5 Å². The average Bonchev–Trinajstić information content (AvgIpc) is 3.04. The van der Waals surface area contributed by atoms with Crippen molar-refractivity contribution in [3.63, 3.8) is 0 Å². The lowest BCUT2D eigenvalue weighted by Crippen LogP contribution is -2.65. The SMILES string of the molecule is NC(N)(C1CCC(C2=CC=CCC2)CC1)[C@@H](CC1CCCC2CCCCC21)C1CC2C=CCCC2C2CCCCC21. The highest BCUT2D eigenvalue weighted by molar-refractivity contribution is 5.21. The molecule has 0 radical (unpaired) electrons. The van der Waals surface area contributed by atoms with Gasteiger partial charge in [-0.05, 0) is 149 Å². The number of hydrogen-bond acceptors (Lipinski definition) is 2. The molecule has 7 aliphatic rings. The minimum Gasteiger partial charge on any atom is -0.313 e. The van der Waals surface area contributed by atoms with Gasteiger partial charge in [-0.15, -0.1) is 0 Å². The summed E-state index contributed by atoms with van der Waals surface area (Å²) >= 11 is 0. The molecule has 5 fully saturated rings. The second-order valence-corrected chi connectivity index (χ2v) is 16.3. The largest absolute Gasteiger partial charge is 0.313 e. The minimum absolute atomic E-state index is 0.496. The first kappa shape index (κ1) is 28.9. The van der Waals surface area contributed by atoms with Gasteiger partial charge in [0.2, 0.25) is 0 Å². The summed E-state index contributed by atoms with van der Waals surface area (Å²) in [6.07, 6.45) is 41.6. The predicted molar refractivity (Wildman–Crippen MR) is 173 cm³/mol. The Morgan fingerprint density at radius 3 is 2.27 bits per heavy atom. The summed E-state index contributed by atoms with van der Waals surface area (Å²) in [5.74, 6) is 8.92. The van der Waals surface area contributed by atoms with E-state index in [1.54, 1.807) is 5.57 Å². The maximum atomic E-state index is 7.70. The van der Waals surface area contributed by atoms with E-state index in [4.69, 9.17) is 11.5 Å². The summed E-state index contributed by atoms with van der Waals surface area (Å²) in [7, 11) is 0. The van der Waals surface area contributed by atoms with E-state index in [2.05, 4.69) is 30.4 Å². The van der Waals surface area contributed by atoms with Gasteiger partial charge in [0, 0.05) is 0 Å². The van der Waals surface area contributed by atoms with E-state index >= 15 is 0 Å². The standard InChI is InChI=1S/C39H62N2/c40-39(41,32-23-21-28(22-24-32)27-11-2-1-3-12-27)38(26-31-16-10-15-29-13-4-6-17-33(29)31)37-25-30-14-5-7-18-34(30)35-19-8-9-20-36(35)37/h1-2,5,11,14,28-38H,3-4,6-10,12-13,15-26,40-41H2/t28?,29?,30?,31?,32?,33?,34?,35?,36?,37?,38-/m0/s1. The van der Waals surface area contributed by atoms with Crippen LogP contribution in [0.1, 0.15) is 135 Å². The maximum Gasteiger partial charge on any atom is 0.0697 e. The second kappa shape index (κ2) is 12.6. The molecule has 5 saturated carbocycles. The summed E-state index contributed by atoms with van der Waals surface area (Å²) in [6.45, 7) is 0. The molecular formula is C39H62N2. The zero-order valence-corrected chi connectivity index (χ0v) is 26.2. The smallest absolute Gasteiger partial charge is 0.0697 e. The summed E-state index contributed by atoms with van der Waals surface area (Å²) in [4.78, 5) is 0. The van der Waals surface area contributed by atoms with Crippen molar-refractivity contribution in [1.29, 1.82) is 0 Å². The van der Waals surface area contributed by atoms with Crippen molar-refractivity contribution in [1.82, 2.24) is 0 Å². The van der Waals surface area contributed by atoms with Gasteiger partial charge in [0.25, 0.3) is 0 Å². The molecule has 4 N–H and O–H groups in total. The molecule has 7 aliphatic carbocycles.